The number of nitrogens with zero attached hydrogens (tertiary/aromatic N) is 1. The summed E-state index contributed by atoms with van der Waals surface area (Å²) in [5.41, 5.74) is 1.12. The van der Waals surface area contributed by atoms with Crippen LogP contribution in [-0.2, 0) is 19.7 Å². The van der Waals surface area contributed by atoms with E-state index >= 15 is 0 Å². The van der Waals surface area contributed by atoms with Crippen molar-refractivity contribution in [3.63, 3.8) is 0 Å². The maximum absolute atomic E-state index is 13.3. The molecule has 0 N–H and O–H groups in total. The van der Waals surface area contributed by atoms with Gasteiger partial charge in [0.15, 0.2) is 12.4 Å². The number of benzene rings is 2. The van der Waals surface area contributed by atoms with E-state index in [0.717, 1.165) is 30.5 Å². The largest absolute Gasteiger partial charge is 0.457 e. The topological polar surface area (TPSA) is 63.7 Å². The zero-order chi connectivity index (χ0) is 21.1. The number of carbonyl (C=O) groups is 3. The van der Waals surface area contributed by atoms with E-state index in [1.807, 2.05) is 0 Å². The molecule has 0 unspecified atom stereocenters. The quantitative estimate of drug-likeness (QED) is 0.530. The number of hydrogen-bond donors (Lipinski definition) is 0. The average molecular weight is 409 g/mol. The molecule has 156 valence electrons. The van der Waals surface area contributed by atoms with Crippen LogP contribution in [0.4, 0.5) is 10.1 Å². The van der Waals surface area contributed by atoms with Gasteiger partial charge in [-0.15, -0.1) is 0 Å². The molecule has 5 nitrogen and oxygen atoms in total. The van der Waals surface area contributed by atoms with Gasteiger partial charge in [0.1, 0.15) is 5.82 Å². The highest BCUT2D eigenvalue weighted by Crippen LogP contribution is 2.42. The highest BCUT2D eigenvalue weighted by molar-refractivity contribution is 6.00. The van der Waals surface area contributed by atoms with Crippen molar-refractivity contribution in [1.29, 1.82) is 0 Å². The average Bonchev–Trinajstić information content (AvgIpc) is 3.42. The minimum Gasteiger partial charge on any atom is -0.457 e. The summed E-state index contributed by atoms with van der Waals surface area (Å²) in [4.78, 5) is 39.0. The lowest BCUT2D eigenvalue weighted by molar-refractivity contribution is -0.149. The second kappa shape index (κ2) is 8.38. The molecular weight excluding hydrogens is 385 g/mol. The molecule has 2 fully saturated rings. The molecule has 0 atom stereocenters. The molecule has 0 radical (unpaired) electrons. The Hall–Kier alpha value is -3.02. The van der Waals surface area contributed by atoms with Gasteiger partial charge in [0.25, 0.3) is 0 Å². The number of amides is 1. The zero-order valence-electron chi connectivity index (χ0n) is 16.7. The van der Waals surface area contributed by atoms with Crippen LogP contribution >= 0.6 is 0 Å². The molecule has 4 rings (SSSR count). The van der Waals surface area contributed by atoms with E-state index in [2.05, 4.69) is 0 Å². The van der Waals surface area contributed by atoms with Crippen molar-refractivity contribution in [2.75, 3.05) is 18.1 Å². The van der Waals surface area contributed by atoms with Crippen LogP contribution in [0.1, 0.15) is 54.4 Å². The number of esters is 1. The van der Waals surface area contributed by atoms with E-state index in [1.165, 1.54) is 12.1 Å². The lowest BCUT2D eigenvalue weighted by atomic mass is 9.79. The molecule has 1 saturated heterocycles. The Morgan fingerprint density at radius 3 is 2.23 bits per heavy atom. The molecule has 30 heavy (non-hydrogen) atoms. The van der Waals surface area contributed by atoms with Crippen molar-refractivity contribution in [1.82, 2.24) is 0 Å². The molecule has 1 saturated carbocycles. The van der Waals surface area contributed by atoms with Crippen LogP contribution in [0.5, 0.6) is 0 Å². The van der Waals surface area contributed by atoms with Gasteiger partial charge in [0, 0.05) is 24.2 Å². The number of hydrogen-bond acceptors (Lipinski definition) is 4. The molecule has 1 aliphatic heterocycles. The van der Waals surface area contributed by atoms with Gasteiger partial charge in [-0.05, 0) is 61.2 Å². The summed E-state index contributed by atoms with van der Waals surface area (Å²) in [6.07, 6.45) is 4.42. The summed E-state index contributed by atoms with van der Waals surface area (Å²) in [6.45, 7) is 0.346. The van der Waals surface area contributed by atoms with E-state index in [4.69, 9.17) is 4.74 Å². The Morgan fingerprint density at radius 2 is 1.63 bits per heavy atom. The lowest BCUT2D eigenvalue weighted by Gasteiger charge is -2.27. The Balaban J connectivity index is 1.42. The van der Waals surface area contributed by atoms with Gasteiger partial charge in [0.2, 0.25) is 5.91 Å². The fourth-order valence-electron chi connectivity index (χ4n) is 4.46. The Morgan fingerprint density at radius 1 is 0.967 bits per heavy atom. The predicted molar refractivity (Wildman–Crippen MR) is 110 cm³/mol. The van der Waals surface area contributed by atoms with Crippen molar-refractivity contribution in [2.24, 2.45) is 0 Å². The minimum absolute atomic E-state index is 0.0886. The van der Waals surface area contributed by atoms with Crippen molar-refractivity contribution >= 4 is 23.3 Å². The highest BCUT2D eigenvalue weighted by atomic mass is 19.1. The predicted octanol–water partition coefficient (Wildman–Crippen LogP) is 4.19. The standard InChI is InChI=1S/C24H24FNO4/c25-19-9-7-18(8-10-19)24(13-1-2-14-24)23(29)30-16-21(27)17-5-11-20(12-6-17)26-15-3-4-22(26)28/h5-12H,1-4,13-16H2. The number of anilines is 1. The zero-order valence-corrected chi connectivity index (χ0v) is 16.7. The molecule has 2 aromatic rings. The number of halogens is 1. The van der Waals surface area contributed by atoms with Gasteiger partial charge in [-0.25, -0.2) is 4.39 Å². The summed E-state index contributed by atoms with van der Waals surface area (Å²) in [7, 11) is 0. The summed E-state index contributed by atoms with van der Waals surface area (Å²) in [6, 6.07) is 12.8. The van der Waals surface area contributed by atoms with Crippen LogP contribution in [0.25, 0.3) is 0 Å². The first-order valence-electron chi connectivity index (χ1n) is 10.4. The molecule has 6 heteroatoms. The third-order valence-electron chi connectivity index (χ3n) is 6.15. The van der Waals surface area contributed by atoms with Crippen LogP contribution in [0.15, 0.2) is 48.5 Å². The van der Waals surface area contributed by atoms with Crippen LogP contribution in [-0.4, -0.2) is 30.8 Å². The molecular formula is C24H24FNO4. The SMILES string of the molecule is O=C(COC(=O)C1(c2ccc(F)cc2)CCCC1)c1ccc(N2CCCC2=O)cc1. The van der Waals surface area contributed by atoms with E-state index in [1.54, 1.807) is 41.3 Å². The number of carbonyl (C=O) groups excluding carboxylic acids is 3. The first-order valence-corrected chi connectivity index (χ1v) is 10.4. The van der Waals surface area contributed by atoms with Crippen molar-refractivity contribution < 1.29 is 23.5 Å². The highest BCUT2D eigenvalue weighted by Gasteiger charge is 2.44. The van der Waals surface area contributed by atoms with Crippen LogP contribution in [0, 0.1) is 5.82 Å². The molecule has 1 aliphatic carbocycles. The Kier molecular flexibility index (Phi) is 5.66. The number of ketones is 1. The first kappa shape index (κ1) is 20.3. The fourth-order valence-corrected chi connectivity index (χ4v) is 4.46. The van der Waals surface area contributed by atoms with Gasteiger partial charge in [0.05, 0.1) is 5.41 Å². The van der Waals surface area contributed by atoms with Crippen molar-refractivity contribution in [2.45, 2.75) is 43.9 Å². The van der Waals surface area contributed by atoms with Crippen LogP contribution < -0.4 is 4.90 Å². The number of ether oxygens (including phenoxy) is 1. The van der Waals surface area contributed by atoms with Gasteiger partial charge < -0.3 is 9.64 Å². The Bertz CT molecular complexity index is 946. The molecule has 1 heterocycles. The number of rotatable bonds is 6. The maximum atomic E-state index is 13.3. The minimum atomic E-state index is -0.812. The van der Waals surface area contributed by atoms with Crippen LogP contribution in [0.3, 0.4) is 0 Å². The second-order valence-electron chi connectivity index (χ2n) is 7.99. The molecule has 1 amide bonds. The normalized spacial score (nSPS) is 17.9. The summed E-state index contributed by atoms with van der Waals surface area (Å²) < 4.78 is 18.7. The van der Waals surface area contributed by atoms with Gasteiger partial charge in [-0.3, -0.25) is 14.4 Å². The molecule has 0 bridgehead atoms. The second-order valence-corrected chi connectivity index (χ2v) is 7.99. The molecule has 0 aromatic heterocycles. The smallest absolute Gasteiger partial charge is 0.317 e. The maximum Gasteiger partial charge on any atom is 0.317 e. The van der Waals surface area contributed by atoms with E-state index in [-0.39, 0.29) is 24.1 Å². The third-order valence-corrected chi connectivity index (χ3v) is 6.15. The van der Waals surface area contributed by atoms with Gasteiger partial charge in [-0.2, -0.15) is 0 Å². The Labute approximate surface area is 174 Å². The van der Waals surface area contributed by atoms with Crippen molar-refractivity contribution in [3.05, 3.63) is 65.5 Å². The third kappa shape index (κ3) is 3.86. The number of Topliss-reactive ketones (excluding diaryl/α,β-unsaturated/α-hetero) is 1. The van der Waals surface area contributed by atoms with Gasteiger partial charge >= 0.3 is 5.97 Å². The lowest BCUT2D eigenvalue weighted by Crippen LogP contribution is -2.35. The van der Waals surface area contributed by atoms with Crippen LogP contribution in [0.2, 0.25) is 0 Å². The van der Waals surface area contributed by atoms with Gasteiger partial charge in [-0.1, -0.05) is 25.0 Å². The van der Waals surface area contributed by atoms with E-state index < -0.39 is 11.4 Å². The van der Waals surface area contributed by atoms with E-state index in [9.17, 15) is 18.8 Å². The van der Waals surface area contributed by atoms with Crippen molar-refractivity contribution in [3.8, 4) is 0 Å². The molecule has 0 spiro atoms. The first-order chi connectivity index (χ1) is 14.5. The molecule has 2 aliphatic rings. The monoisotopic (exact) mass is 409 g/mol. The summed E-state index contributed by atoms with van der Waals surface area (Å²) in [5, 5.41) is 0. The summed E-state index contributed by atoms with van der Waals surface area (Å²) >= 11 is 0. The summed E-state index contributed by atoms with van der Waals surface area (Å²) in [5.74, 6) is -0.991. The fraction of sp³-hybridized carbons (Fsp3) is 0.375. The molecule has 2 aromatic carbocycles. The van der Waals surface area contributed by atoms with E-state index in [0.29, 0.717) is 31.4 Å².